The molecule has 0 aromatic heterocycles. The molecular formula is C18H28ClNO3S. The van der Waals surface area contributed by atoms with E-state index in [4.69, 9.17) is 21.7 Å². The van der Waals surface area contributed by atoms with E-state index in [1.54, 1.807) is 17.8 Å². The number of rotatable bonds is 10. The summed E-state index contributed by atoms with van der Waals surface area (Å²) in [6, 6.07) is 0. The minimum Gasteiger partial charge on any atom is -0.512 e. The van der Waals surface area contributed by atoms with Crippen LogP contribution in [0.4, 0.5) is 0 Å². The maximum absolute atomic E-state index is 12.6. The second-order valence-corrected chi connectivity index (χ2v) is 7.53. The average molecular weight is 374 g/mol. The molecular weight excluding hydrogens is 346 g/mol. The van der Waals surface area contributed by atoms with Gasteiger partial charge in [-0.1, -0.05) is 32.4 Å². The number of hydrogen-bond donors (Lipinski definition) is 2. The van der Waals surface area contributed by atoms with Gasteiger partial charge in [-0.15, -0.1) is 11.8 Å². The number of thioether (sulfide) groups is 1. The number of nitrogens with one attached hydrogen (secondary N) is 1. The molecule has 6 heteroatoms. The molecule has 0 amide bonds. The van der Waals surface area contributed by atoms with Crippen molar-refractivity contribution in [2.24, 2.45) is 0 Å². The van der Waals surface area contributed by atoms with Crippen molar-refractivity contribution in [2.75, 3.05) is 12.4 Å². The van der Waals surface area contributed by atoms with Gasteiger partial charge in [-0.25, -0.2) is 0 Å². The van der Waals surface area contributed by atoms with Crippen LogP contribution in [0.1, 0.15) is 52.9 Å². The fraction of sp³-hybridized carbons (Fsp3) is 0.667. The number of ketones is 1. The third kappa shape index (κ3) is 4.64. The summed E-state index contributed by atoms with van der Waals surface area (Å²) in [6.45, 7) is 6.24. The van der Waals surface area contributed by atoms with Gasteiger partial charge in [0.2, 0.25) is 0 Å². The highest BCUT2D eigenvalue weighted by Gasteiger charge is 2.46. The molecule has 2 atom stereocenters. The Kier molecular flexibility index (Phi) is 9.09. The molecule has 0 fully saturated rings. The van der Waals surface area contributed by atoms with E-state index in [9.17, 15) is 9.90 Å². The van der Waals surface area contributed by atoms with E-state index < -0.39 is 10.9 Å². The standard InChI is InChI=1S/C18H28ClNO3S/c1-4-15(23-12-8-11-19)17(20)18(5-2,24-6-3)16-13(21)9-7-10-14(16)22/h8,11,15,20-21H,4-7,9-10,12H2,1-3H3/b11-8+,20-17?. The van der Waals surface area contributed by atoms with Crippen molar-refractivity contribution in [3.63, 3.8) is 0 Å². The van der Waals surface area contributed by atoms with Crippen LogP contribution in [0.25, 0.3) is 0 Å². The minimum absolute atomic E-state index is 0.0400. The van der Waals surface area contributed by atoms with Crippen molar-refractivity contribution >= 4 is 34.9 Å². The Hall–Kier alpha value is -0.780. The number of aliphatic hydroxyl groups is 1. The summed E-state index contributed by atoms with van der Waals surface area (Å²) in [5.74, 6) is 0.856. The smallest absolute Gasteiger partial charge is 0.164 e. The van der Waals surface area contributed by atoms with Crippen LogP contribution in [0.3, 0.4) is 0 Å². The largest absolute Gasteiger partial charge is 0.512 e. The highest BCUT2D eigenvalue weighted by molar-refractivity contribution is 8.01. The molecule has 1 aliphatic rings. The zero-order valence-electron chi connectivity index (χ0n) is 14.7. The van der Waals surface area contributed by atoms with Crippen molar-refractivity contribution in [3.05, 3.63) is 22.9 Å². The molecule has 2 unspecified atom stereocenters. The lowest BCUT2D eigenvalue weighted by Gasteiger charge is -2.39. The molecule has 4 nitrogen and oxygen atoms in total. The van der Waals surface area contributed by atoms with E-state index >= 15 is 0 Å². The van der Waals surface area contributed by atoms with Gasteiger partial charge in [0.25, 0.3) is 0 Å². The SMILES string of the molecule is CCSC(CC)(C(=N)C(CC)OC/C=C/Cl)C1=C(O)CCCC1=O. The Morgan fingerprint density at radius 2 is 2.17 bits per heavy atom. The number of hydrogen-bond acceptors (Lipinski definition) is 5. The lowest BCUT2D eigenvalue weighted by Crippen LogP contribution is -2.47. The van der Waals surface area contributed by atoms with Crippen molar-refractivity contribution in [3.8, 4) is 0 Å². The first kappa shape index (κ1) is 21.3. The van der Waals surface area contributed by atoms with Crippen LogP contribution >= 0.6 is 23.4 Å². The summed E-state index contributed by atoms with van der Waals surface area (Å²) in [7, 11) is 0. The number of carbonyl (C=O) groups is 1. The highest BCUT2D eigenvalue weighted by atomic mass is 35.5. The predicted octanol–water partition coefficient (Wildman–Crippen LogP) is 5.02. The van der Waals surface area contributed by atoms with Gasteiger partial charge >= 0.3 is 0 Å². The molecule has 0 aliphatic heterocycles. The number of halogens is 1. The van der Waals surface area contributed by atoms with Gasteiger partial charge in [-0.3, -0.25) is 4.79 Å². The van der Waals surface area contributed by atoms with Crippen LogP contribution in [0.2, 0.25) is 0 Å². The average Bonchev–Trinajstić information content (AvgIpc) is 2.57. The van der Waals surface area contributed by atoms with E-state index in [0.29, 0.717) is 50.0 Å². The fourth-order valence-electron chi connectivity index (χ4n) is 3.16. The van der Waals surface area contributed by atoms with Gasteiger partial charge in [0.1, 0.15) is 5.76 Å². The molecule has 0 radical (unpaired) electrons. The Bertz CT molecular complexity index is 518. The first-order valence-electron chi connectivity index (χ1n) is 8.53. The number of carbonyl (C=O) groups excluding carboxylic acids is 1. The summed E-state index contributed by atoms with van der Waals surface area (Å²) >= 11 is 7.07. The summed E-state index contributed by atoms with van der Waals surface area (Å²) in [5.41, 5.74) is 2.17. The van der Waals surface area contributed by atoms with Gasteiger partial charge in [0.15, 0.2) is 5.78 Å². The summed E-state index contributed by atoms with van der Waals surface area (Å²) < 4.78 is 4.97. The number of aliphatic hydroxyl groups excluding tert-OH is 1. The van der Waals surface area contributed by atoms with Gasteiger partial charge < -0.3 is 15.3 Å². The van der Waals surface area contributed by atoms with Gasteiger partial charge in [-0.2, -0.15) is 0 Å². The topological polar surface area (TPSA) is 70.4 Å². The van der Waals surface area contributed by atoms with Crippen molar-refractivity contribution in [1.29, 1.82) is 5.41 Å². The van der Waals surface area contributed by atoms with Crippen LogP contribution in [0, 0.1) is 5.41 Å². The third-order valence-corrected chi connectivity index (χ3v) is 5.96. The van der Waals surface area contributed by atoms with E-state index in [-0.39, 0.29) is 11.5 Å². The number of Topliss-reactive ketones (excluding diaryl/α,β-unsaturated/α-hetero) is 1. The lowest BCUT2D eigenvalue weighted by molar-refractivity contribution is -0.116. The molecule has 0 saturated heterocycles. The highest BCUT2D eigenvalue weighted by Crippen LogP contribution is 2.43. The zero-order chi connectivity index (χ0) is 18.2. The van der Waals surface area contributed by atoms with Crippen LogP contribution in [0.5, 0.6) is 0 Å². The molecule has 1 rings (SSSR count). The Labute approximate surface area is 154 Å². The summed E-state index contributed by atoms with van der Waals surface area (Å²) in [5, 5.41) is 19.2. The van der Waals surface area contributed by atoms with Crippen LogP contribution in [0.15, 0.2) is 22.9 Å². The van der Waals surface area contributed by atoms with E-state index in [0.717, 1.165) is 5.75 Å². The number of allylic oxidation sites excluding steroid dienone is 1. The number of ether oxygens (including phenoxy) is 1. The van der Waals surface area contributed by atoms with Crippen molar-refractivity contribution in [2.45, 2.75) is 63.7 Å². The van der Waals surface area contributed by atoms with Gasteiger partial charge in [0, 0.05) is 18.4 Å². The van der Waals surface area contributed by atoms with Crippen LogP contribution < -0.4 is 0 Å². The monoisotopic (exact) mass is 373 g/mol. The Morgan fingerprint density at radius 1 is 1.46 bits per heavy atom. The molecule has 0 saturated carbocycles. The molecule has 0 heterocycles. The second kappa shape index (κ2) is 10.3. The molecule has 0 bridgehead atoms. The minimum atomic E-state index is -0.818. The van der Waals surface area contributed by atoms with Crippen LogP contribution in [-0.4, -0.2) is 39.8 Å². The van der Waals surface area contributed by atoms with E-state index in [1.165, 1.54) is 5.54 Å². The van der Waals surface area contributed by atoms with E-state index in [2.05, 4.69) is 0 Å². The first-order valence-corrected chi connectivity index (χ1v) is 9.96. The van der Waals surface area contributed by atoms with Crippen LogP contribution in [-0.2, 0) is 9.53 Å². The first-order chi connectivity index (χ1) is 11.5. The van der Waals surface area contributed by atoms with Crippen molar-refractivity contribution < 1.29 is 14.6 Å². The molecule has 2 N–H and O–H groups in total. The molecule has 136 valence electrons. The molecule has 0 spiro atoms. The lowest BCUT2D eigenvalue weighted by atomic mass is 9.79. The Balaban J connectivity index is 3.27. The molecule has 1 aliphatic carbocycles. The fourth-order valence-corrected chi connectivity index (χ4v) is 4.59. The normalized spacial score (nSPS) is 19.6. The maximum atomic E-state index is 12.6. The third-order valence-electron chi connectivity index (χ3n) is 4.29. The molecule has 0 aromatic rings. The van der Waals surface area contributed by atoms with Crippen molar-refractivity contribution in [1.82, 2.24) is 0 Å². The summed E-state index contributed by atoms with van der Waals surface area (Å²) in [4.78, 5) is 12.6. The summed E-state index contributed by atoms with van der Waals surface area (Å²) in [6.07, 6.45) is 4.08. The maximum Gasteiger partial charge on any atom is 0.164 e. The zero-order valence-corrected chi connectivity index (χ0v) is 16.3. The predicted molar refractivity (Wildman–Crippen MR) is 102 cm³/mol. The second-order valence-electron chi connectivity index (χ2n) is 5.72. The Morgan fingerprint density at radius 3 is 2.67 bits per heavy atom. The molecule has 24 heavy (non-hydrogen) atoms. The van der Waals surface area contributed by atoms with Gasteiger partial charge in [-0.05, 0) is 31.1 Å². The quantitative estimate of drug-likeness (QED) is 0.527. The molecule has 0 aromatic carbocycles. The van der Waals surface area contributed by atoms with E-state index in [1.807, 2.05) is 20.8 Å². The van der Waals surface area contributed by atoms with Gasteiger partial charge in [0.05, 0.1) is 28.7 Å².